The van der Waals surface area contributed by atoms with Gasteiger partial charge in [-0.25, -0.2) is 13.1 Å². The highest BCUT2D eigenvalue weighted by molar-refractivity contribution is 7.91. The van der Waals surface area contributed by atoms with Gasteiger partial charge in [0, 0.05) is 11.9 Å². The highest BCUT2D eigenvalue weighted by atomic mass is 35.5. The van der Waals surface area contributed by atoms with Crippen molar-refractivity contribution < 1.29 is 8.42 Å². The first-order chi connectivity index (χ1) is 7.83. The first-order valence-electron chi connectivity index (χ1n) is 5.22. The van der Waals surface area contributed by atoms with Gasteiger partial charge in [-0.2, -0.15) is 0 Å². The maximum absolute atomic E-state index is 11.9. The summed E-state index contributed by atoms with van der Waals surface area (Å²) in [5, 5.41) is 0.0675. The smallest absolute Gasteiger partial charge is 0.210 e. The van der Waals surface area contributed by atoms with Gasteiger partial charge in [0.15, 0.2) is 0 Å². The highest BCUT2D eigenvalue weighted by Crippen LogP contribution is 2.29. The molecule has 98 valence electrons. The van der Waals surface area contributed by atoms with Gasteiger partial charge in [-0.3, -0.25) is 0 Å². The summed E-state index contributed by atoms with van der Waals surface area (Å²) in [6.07, 6.45) is 1.51. The largest absolute Gasteiger partial charge is 0.250 e. The summed E-state index contributed by atoms with van der Waals surface area (Å²) >= 11 is 12.7. The normalized spacial score (nSPS) is 13.9. The summed E-state index contributed by atoms with van der Waals surface area (Å²) in [5.41, 5.74) is 0.784. The number of sulfonamides is 1. The van der Waals surface area contributed by atoms with E-state index in [1.807, 2.05) is 6.92 Å². The second-order valence-electron chi connectivity index (χ2n) is 3.84. The molecule has 3 nitrogen and oxygen atoms in total. The van der Waals surface area contributed by atoms with Crippen LogP contribution in [0.5, 0.6) is 0 Å². The van der Waals surface area contributed by atoms with Crippen LogP contribution >= 0.6 is 34.5 Å². The Labute approximate surface area is 116 Å². The molecule has 1 unspecified atom stereocenters. The van der Waals surface area contributed by atoms with E-state index in [0.29, 0.717) is 10.9 Å². The minimum absolute atomic E-state index is 0.0675. The van der Waals surface area contributed by atoms with Crippen LogP contribution in [0, 0.1) is 6.92 Å². The standard InChI is InChI=1S/C10H15Cl2NO2S2/c1-7-6-9(16-10(7)12)17(14,15)13-5-3-4-8(2)11/h6,8,13H,3-5H2,1-2H3. The monoisotopic (exact) mass is 315 g/mol. The SMILES string of the molecule is Cc1cc(S(=O)(=O)NCCCC(C)Cl)sc1Cl. The van der Waals surface area contributed by atoms with Gasteiger partial charge in [0.1, 0.15) is 4.21 Å². The lowest BCUT2D eigenvalue weighted by molar-refractivity contribution is 0.578. The quantitative estimate of drug-likeness (QED) is 0.646. The molecule has 0 saturated heterocycles. The number of halogens is 2. The van der Waals surface area contributed by atoms with Gasteiger partial charge in [-0.05, 0) is 38.3 Å². The third-order valence-electron chi connectivity index (χ3n) is 2.17. The Balaban J connectivity index is 2.57. The van der Waals surface area contributed by atoms with E-state index >= 15 is 0 Å². The molecule has 7 heteroatoms. The summed E-state index contributed by atoms with van der Waals surface area (Å²) in [7, 11) is -3.42. The molecule has 1 N–H and O–H groups in total. The van der Waals surface area contributed by atoms with Gasteiger partial charge in [0.2, 0.25) is 10.0 Å². The number of nitrogens with one attached hydrogen (secondary N) is 1. The molecular formula is C10H15Cl2NO2S2. The molecule has 0 spiro atoms. The van der Waals surface area contributed by atoms with Crippen LogP contribution < -0.4 is 4.72 Å². The maximum atomic E-state index is 11.9. The zero-order chi connectivity index (χ0) is 13.1. The Morgan fingerprint density at radius 3 is 2.65 bits per heavy atom. The Morgan fingerprint density at radius 1 is 1.53 bits per heavy atom. The zero-order valence-electron chi connectivity index (χ0n) is 9.66. The Morgan fingerprint density at radius 2 is 2.18 bits per heavy atom. The number of rotatable bonds is 6. The van der Waals surface area contributed by atoms with E-state index in [1.54, 1.807) is 13.0 Å². The van der Waals surface area contributed by atoms with E-state index in [0.717, 1.165) is 29.7 Å². The van der Waals surface area contributed by atoms with Gasteiger partial charge in [0.25, 0.3) is 0 Å². The van der Waals surface area contributed by atoms with E-state index in [4.69, 9.17) is 23.2 Å². The molecule has 0 aliphatic rings. The molecule has 0 aliphatic heterocycles. The third kappa shape index (κ3) is 4.75. The fourth-order valence-electron chi connectivity index (χ4n) is 1.23. The van der Waals surface area contributed by atoms with Crippen molar-refractivity contribution in [2.75, 3.05) is 6.54 Å². The van der Waals surface area contributed by atoms with E-state index in [1.165, 1.54) is 0 Å². The fourth-order valence-corrected chi connectivity index (χ4v) is 4.21. The van der Waals surface area contributed by atoms with Crippen LogP contribution in [0.4, 0.5) is 0 Å². The van der Waals surface area contributed by atoms with Crippen molar-refractivity contribution in [3.63, 3.8) is 0 Å². The molecule has 0 aliphatic carbocycles. The predicted octanol–water partition coefficient (Wildman–Crippen LogP) is 3.40. The molecule has 1 atom stereocenters. The summed E-state index contributed by atoms with van der Waals surface area (Å²) < 4.78 is 27.0. The summed E-state index contributed by atoms with van der Waals surface area (Å²) in [4.78, 5) is 0. The predicted molar refractivity (Wildman–Crippen MR) is 73.8 cm³/mol. The zero-order valence-corrected chi connectivity index (χ0v) is 12.8. The number of hydrogen-bond donors (Lipinski definition) is 1. The molecule has 0 saturated carbocycles. The second-order valence-corrected chi connectivity index (χ2v) is 8.24. The molecule has 17 heavy (non-hydrogen) atoms. The summed E-state index contributed by atoms with van der Waals surface area (Å²) in [6, 6.07) is 1.58. The Kier molecular flexibility index (Phi) is 5.73. The average molecular weight is 316 g/mol. The molecule has 1 aromatic rings. The number of thiophene rings is 1. The van der Waals surface area contributed by atoms with Crippen molar-refractivity contribution in [1.82, 2.24) is 4.72 Å². The van der Waals surface area contributed by atoms with E-state index in [9.17, 15) is 8.42 Å². The van der Waals surface area contributed by atoms with Gasteiger partial charge in [0.05, 0.1) is 4.34 Å². The van der Waals surface area contributed by atoms with Crippen LogP contribution in [0.15, 0.2) is 10.3 Å². The van der Waals surface area contributed by atoms with Crippen molar-refractivity contribution in [3.8, 4) is 0 Å². The first kappa shape index (κ1) is 15.2. The molecule has 0 fully saturated rings. The lowest BCUT2D eigenvalue weighted by Crippen LogP contribution is -2.24. The molecule has 1 heterocycles. The van der Waals surface area contributed by atoms with Crippen molar-refractivity contribution in [1.29, 1.82) is 0 Å². The highest BCUT2D eigenvalue weighted by Gasteiger charge is 2.17. The molecule has 0 aromatic carbocycles. The average Bonchev–Trinajstić information content (AvgIpc) is 2.55. The van der Waals surface area contributed by atoms with Gasteiger partial charge in [-0.15, -0.1) is 22.9 Å². The van der Waals surface area contributed by atoms with Gasteiger partial charge < -0.3 is 0 Å². The van der Waals surface area contributed by atoms with Gasteiger partial charge in [-0.1, -0.05) is 11.6 Å². The van der Waals surface area contributed by atoms with Crippen LogP contribution in [-0.2, 0) is 10.0 Å². The van der Waals surface area contributed by atoms with Crippen LogP contribution in [0.25, 0.3) is 0 Å². The van der Waals surface area contributed by atoms with Crippen molar-refractivity contribution in [2.24, 2.45) is 0 Å². The maximum Gasteiger partial charge on any atom is 0.250 e. The van der Waals surface area contributed by atoms with E-state index in [-0.39, 0.29) is 9.59 Å². The number of hydrogen-bond acceptors (Lipinski definition) is 3. The number of aryl methyl sites for hydroxylation is 1. The van der Waals surface area contributed by atoms with Crippen molar-refractivity contribution in [2.45, 2.75) is 36.3 Å². The van der Waals surface area contributed by atoms with Crippen LogP contribution in [0.1, 0.15) is 25.3 Å². The Bertz CT molecular complexity index is 449. The van der Waals surface area contributed by atoms with E-state index in [2.05, 4.69) is 4.72 Å². The minimum Gasteiger partial charge on any atom is -0.210 e. The molecule has 0 bridgehead atoms. The fraction of sp³-hybridized carbons (Fsp3) is 0.600. The topological polar surface area (TPSA) is 46.2 Å². The minimum atomic E-state index is -3.42. The number of alkyl halides is 1. The second kappa shape index (κ2) is 6.38. The molecule has 1 rings (SSSR count). The van der Waals surface area contributed by atoms with E-state index < -0.39 is 10.0 Å². The lowest BCUT2D eigenvalue weighted by atomic mass is 10.2. The third-order valence-corrected chi connectivity index (χ3v) is 5.88. The van der Waals surface area contributed by atoms with Crippen LogP contribution in [0.2, 0.25) is 4.34 Å². The van der Waals surface area contributed by atoms with Crippen molar-refractivity contribution >= 4 is 44.6 Å². The van der Waals surface area contributed by atoms with Crippen LogP contribution in [-0.4, -0.2) is 20.3 Å². The van der Waals surface area contributed by atoms with Crippen LogP contribution in [0.3, 0.4) is 0 Å². The lowest BCUT2D eigenvalue weighted by Gasteiger charge is -2.05. The summed E-state index contributed by atoms with van der Waals surface area (Å²) in [5.74, 6) is 0. The Hall–Kier alpha value is 0.190. The molecular weight excluding hydrogens is 301 g/mol. The molecule has 0 amide bonds. The first-order valence-corrected chi connectivity index (χ1v) is 8.34. The van der Waals surface area contributed by atoms with Crippen molar-refractivity contribution in [3.05, 3.63) is 16.0 Å². The van der Waals surface area contributed by atoms with Gasteiger partial charge >= 0.3 is 0 Å². The molecule has 1 aromatic heterocycles. The summed E-state index contributed by atoms with van der Waals surface area (Å²) in [6.45, 7) is 4.07. The molecule has 0 radical (unpaired) electrons.